The molecule has 2 aromatic heterocycles. The minimum Gasteiger partial charge on any atom is -0.383 e. The fraction of sp³-hybridized carbons (Fsp3) is 0.385. The van der Waals surface area contributed by atoms with Crippen molar-refractivity contribution in [1.29, 1.82) is 0 Å². The van der Waals surface area contributed by atoms with Crippen LogP contribution in [0.5, 0.6) is 0 Å². The molecule has 0 fully saturated rings. The Morgan fingerprint density at radius 2 is 2.28 bits per heavy atom. The van der Waals surface area contributed by atoms with E-state index in [1.807, 2.05) is 18.3 Å². The van der Waals surface area contributed by atoms with Crippen LogP contribution in [-0.4, -0.2) is 21.5 Å². The van der Waals surface area contributed by atoms with Crippen molar-refractivity contribution in [3.63, 3.8) is 0 Å². The van der Waals surface area contributed by atoms with Gasteiger partial charge >= 0.3 is 0 Å². The summed E-state index contributed by atoms with van der Waals surface area (Å²) in [6.07, 6.45) is 7.18. The molecule has 5 heteroatoms. The van der Waals surface area contributed by atoms with E-state index in [4.69, 9.17) is 5.73 Å². The number of rotatable bonds is 6. The lowest BCUT2D eigenvalue weighted by Crippen LogP contribution is -2.25. The number of imidazole rings is 1. The average Bonchev–Trinajstić information content (AvgIpc) is 2.90. The first-order chi connectivity index (χ1) is 8.81. The van der Waals surface area contributed by atoms with Crippen LogP contribution < -0.4 is 11.1 Å². The minimum absolute atomic E-state index is 0.145. The summed E-state index contributed by atoms with van der Waals surface area (Å²) in [6, 6.07) is 4.06. The summed E-state index contributed by atoms with van der Waals surface area (Å²) in [7, 11) is 0. The van der Waals surface area contributed by atoms with Crippen molar-refractivity contribution in [2.45, 2.75) is 25.8 Å². The van der Waals surface area contributed by atoms with Gasteiger partial charge in [-0.15, -0.1) is 0 Å². The van der Waals surface area contributed by atoms with Crippen molar-refractivity contribution in [3.05, 3.63) is 42.1 Å². The van der Waals surface area contributed by atoms with Gasteiger partial charge in [0.2, 0.25) is 0 Å². The highest BCUT2D eigenvalue weighted by atomic mass is 15.0. The first-order valence-electron chi connectivity index (χ1n) is 6.23. The molecule has 0 radical (unpaired) electrons. The number of anilines is 1. The van der Waals surface area contributed by atoms with Crippen LogP contribution in [-0.2, 0) is 6.42 Å². The Morgan fingerprint density at radius 1 is 1.39 bits per heavy atom. The maximum atomic E-state index is 5.88. The molecule has 0 aliphatic carbocycles. The lowest BCUT2D eigenvalue weighted by Gasteiger charge is -2.17. The number of hydrogen-bond donors (Lipinski definition) is 3. The molecule has 0 amide bonds. The highest BCUT2D eigenvalue weighted by molar-refractivity contribution is 5.39. The van der Waals surface area contributed by atoms with Crippen molar-refractivity contribution in [3.8, 4) is 0 Å². The monoisotopic (exact) mass is 245 g/mol. The molecule has 2 rings (SSSR count). The fourth-order valence-electron chi connectivity index (χ4n) is 1.90. The summed E-state index contributed by atoms with van der Waals surface area (Å²) < 4.78 is 0. The highest BCUT2D eigenvalue weighted by Crippen LogP contribution is 2.18. The number of pyridine rings is 1. The van der Waals surface area contributed by atoms with Gasteiger partial charge in [0.1, 0.15) is 11.6 Å². The van der Waals surface area contributed by atoms with E-state index in [2.05, 4.69) is 27.2 Å². The molecule has 96 valence electrons. The molecule has 0 saturated heterocycles. The number of H-pyrrole nitrogens is 1. The summed E-state index contributed by atoms with van der Waals surface area (Å²) in [5, 5.41) is 3.47. The molecule has 0 aromatic carbocycles. The predicted octanol–water partition coefficient (Wildman–Crippen LogP) is 1.67. The summed E-state index contributed by atoms with van der Waals surface area (Å²) in [4.78, 5) is 11.6. The zero-order valence-corrected chi connectivity index (χ0v) is 10.6. The van der Waals surface area contributed by atoms with Gasteiger partial charge in [-0.3, -0.25) is 0 Å². The van der Waals surface area contributed by atoms with Crippen molar-refractivity contribution < 1.29 is 0 Å². The van der Waals surface area contributed by atoms with Gasteiger partial charge < -0.3 is 16.0 Å². The Hall–Kier alpha value is -1.88. The van der Waals surface area contributed by atoms with Gasteiger partial charge in [0.15, 0.2) is 0 Å². The predicted molar refractivity (Wildman–Crippen MR) is 72.0 cm³/mol. The lowest BCUT2D eigenvalue weighted by atomic mass is 10.1. The molecule has 1 atom stereocenters. The fourth-order valence-corrected chi connectivity index (χ4v) is 1.90. The normalized spacial score (nSPS) is 12.5. The molecule has 18 heavy (non-hydrogen) atoms. The molecule has 0 aliphatic heterocycles. The maximum Gasteiger partial charge on any atom is 0.126 e. The van der Waals surface area contributed by atoms with E-state index in [1.54, 1.807) is 12.4 Å². The average molecular weight is 245 g/mol. The molecular formula is C13H19N5. The second-order valence-electron chi connectivity index (χ2n) is 4.23. The Labute approximate surface area is 107 Å². The Bertz CT molecular complexity index is 466. The van der Waals surface area contributed by atoms with Gasteiger partial charge in [0.05, 0.1) is 6.04 Å². The van der Waals surface area contributed by atoms with Gasteiger partial charge in [-0.25, -0.2) is 9.97 Å². The van der Waals surface area contributed by atoms with Gasteiger partial charge in [-0.2, -0.15) is 0 Å². The van der Waals surface area contributed by atoms with E-state index < -0.39 is 0 Å². The molecule has 0 spiro atoms. The molecular weight excluding hydrogens is 226 g/mol. The van der Waals surface area contributed by atoms with E-state index in [9.17, 15) is 0 Å². The molecule has 4 N–H and O–H groups in total. The van der Waals surface area contributed by atoms with Crippen molar-refractivity contribution in [2.24, 2.45) is 0 Å². The smallest absolute Gasteiger partial charge is 0.126 e. The van der Waals surface area contributed by atoms with Gasteiger partial charge in [0.25, 0.3) is 0 Å². The summed E-state index contributed by atoms with van der Waals surface area (Å²) in [5.74, 6) is 1.53. The largest absolute Gasteiger partial charge is 0.383 e. The number of nitrogen functional groups attached to an aromatic ring is 1. The Balaban J connectivity index is 2.13. The zero-order valence-electron chi connectivity index (χ0n) is 10.6. The van der Waals surface area contributed by atoms with Crippen molar-refractivity contribution in [2.75, 3.05) is 12.3 Å². The molecule has 2 aromatic rings. The number of aromatic nitrogens is 3. The van der Waals surface area contributed by atoms with Crippen LogP contribution in [0.15, 0.2) is 30.7 Å². The third-order valence-corrected chi connectivity index (χ3v) is 2.84. The zero-order chi connectivity index (χ0) is 12.8. The quantitative estimate of drug-likeness (QED) is 0.723. The van der Waals surface area contributed by atoms with Crippen molar-refractivity contribution in [1.82, 2.24) is 20.3 Å². The lowest BCUT2D eigenvalue weighted by molar-refractivity contribution is 0.508. The first kappa shape index (κ1) is 12.6. The van der Waals surface area contributed by atoms with Gasteiger partial charge in [0, 0.05) is 18.6 Å². The SMILES string of the molecule is CCCNC(Cc1cccnc1N)c1ncc[nH]1. The van der Waals surface area contributed by atoms with Crippen LogP contribution in [0.4, 0.5) is 5.82 Å². The minimum atomic E-state index is 0.145. The van der Waals surface area contributed by atoms with E-state index in [-0.39, 0.29) is 6.04 Å². The number of nitrogens with two attached hydrogens (primary N) is 1. The molecule has 0 aliphatic rings. The first-order valence-corrected chi connectivity index (χ1v) is 6.23. The molecule has 0 bridgehead atoms. The van der Waals surface area contributed by atoms with Crippen molar-refractivity contribution >= 4 is 5.82 Å². The number of hydrogen-bond acceptors (Lipinski definition) is 4. The van der Waals surface area contributed by atoms with Gasteiger partial charge in [-0.1, -0.05) is 13.0 Å². The second kappa shape index (κ2) is 6.16. The summed E-state index contributed by atoms with van der Waals surface area (Å²) >= 11 is 0. The third-order valence-electron chi connectivity index (χ3n) is 2.84. The maximum absolute atomic E-state index is 5.88. The molecule has 5 nitrogen and oxygen atoms in total. The van der Waals surface area contributed by atoms with Crippen LogP contribution >= 0.6 is 0 Å². The van der Waals surface area contributed by atoms with Crippen LogP contribution in [0.1, 0.15) is 30.8 Å². The van der Waals surface area contributed by atoms with Crippen LogP contribution in [0.3, 0.4) is 0 Å². The van der Waals surface area contributed by atoms with Gasteiger partial charge in [-0.05, 0) is 31.0 Å². The standard InChI is InChI=1S/C13H19N5/c1-2-5-15-11(13-17-7-8-18-13)9-10-4-3-6-16-12(10)14/h3-4,6-8,11,15H,2,5,9H2,1H3,(H2,14,16)(H,17,18). The number of nitrogens with zero attached hydrogens (tertiary/aromatic N) is 2. The Kier molecular flexibility index (Phi) is 4.30. The number of nitrogens with one attached hydrogen (secondary N) is 2. The number of aromatic amines is 1. The van der Waals surface area contributed by atoms with Crippen LogP contribution in [0.2, 0.25) is 0 Å². The third kappa shape index (κ3) is 3.07. The van der Waals surface area contributed by atoms with E-state index >= 15 is 0 Å². The highest BCUT2D eigenvalue weighted by Gasteiger charge is 2.15. The molecule has 0 saturated carbocycles. The van der Waals surface area contributed by atoms with Crippen LogP contribution in [0, 0.1) is 0 Å². The van der Waals surface area contributed by atoms with E-state index in [0.717, 1.165) is 30.8 Å². The van der Waals surface area contributed by atoms with E-state index in [0.29, 0.717) is 5.82 Å². The summed E-state index contributed by atoms with van der Waals surface area (Å²) in [5.41, 5.74) is 6.93. The second-order valence-corrected chi connectivity index (χ2v) is 4.23. The molecule has 2 heterocycles. The Morgan fingerprint density at radius 3 is 2.94 bits per heavy atom. The summed E-state index contributed by atoms with van der Waals surface area (Å²) in [6.45, 7) is 3.09. The van der Waals surface area contributed by atoms with E-state index in [1.165, 1.54) is 0 Å². The molecule has 1 unspecified atom stereocenters. The van der Waals surface area contributed by atoms with Crippen LogP contribution in [0.25, 0.3) is 0 Å². The topological polar surface area (TPSA) is 79.6 Å².